The van der Waals surface area contributed by atoms with Gasteiger partial charge in [0.1, 0.15) is 10.7 Å². The highest BCUT2D eigenvalue weighted by Gasteiger charge is 2.14. The van der Waals surface area contributed by atoms with Crippen LogP contribution in [0, 0.1) is 0 Å². The molecule has 0 amide bonds. The van der Waals surface area contributed by atoms with Crippen LogP contribution < -0.4 is 5.56 Å². The highest BCUT2D eigenvalue weighted by atomic mass is 35.5. The number of benzene rings is 1. The van der Waals surface area contributed by atoms with E-state index in [0.717, 1.165) is 22.6 Å². The van der Waals surface area contributed by atoms with Crippen LogP contribution in [0.5, 0.6) is 0 Å². The second kappa shape index (κ2) is 7.47. The second-order valence-electron chi connectivity index (χ2n) is 5.57. The molecule has 0 radical (unpaired) electrons. The Morgan fingerprint density at radius 1 is 1.33 bits per heavy atom. The first-order valence-corrected chi connectivity index (χ1v) is 9.07. The van der Waals surface area contributed by atoms with Crippen molar-refractivity contribution >= 4 is 33.2 Å². The minimum atomic E-state index is 0.00466. The zero-order valence-corrected chi connectivity index (χ0v) is 15.3. The van der Waals surface area contributed by atoms with Gasteiger partial charge in [0.25, 0.3) is 5.56 Å². The molecule has 0 N–H and O–H groups in total. The summed E-state index contributed by atoms with van der Waals surface area (Å²) < 4.78 is 6.88. The van der Waals surface area contributed by atoms with Crippen molar-refractivity contribution in [3.8, 4) is 0 Å². The summed E-state index contributed by atoms with van der Waals surface area (Å²) in [6.07, 6.45) is 1.47. The van der Waals surface area contributed by atoms with E-state index in [1.807, 2.05) is 30.3 Å². The molecule has 0 unspecified atom stereocenters. The second-order valence-corrected chi connectivity index (χ2v) is 7.12. The highest BCUT2D eigenvalue weighted by Crippen LogP contribution is 2.23. The molecule has 2 aromatic heterocycles. The maximum Gasteiger partial charge on any atom is 0.262 e. The van der Waals surface area contributed by atoms with Crippen molar-refractivity contribution in [2.24, 2.45) is 0 Å². The van der Waals surface area contributed by atoms with Crippen molar-refractivity contribution in [3.05, 3.63) is 62.0 Å². The predicted molar refractivity (Wildman–Crippen MR) is 99.4 cm³/mol. The van der Waals surface area contributed by atoms with E-state index in [1.54, 1.807) is 23.0 Å². The van der Waals surface area contributed by atoms with Crippen LogP contribution >= 0.6 is 22.9 Å². The topological polar surface area (TPSA) is 44.1 Å². The number of methoxy groups -OCH3 is 1. The third-order valence-electron chi connectivity index (χ3n) is 3.90. The first-order valence-electron chi connectivity index (χ1n) is 7.88. The Morgan fingerprint density at radius 2 is 2.17 bits per heavy atom. The van der Waals surface area contributed by atoms with Crippen LogP contribution in [0.25, 0.3) is 10.2 Å². The van der Waals surface area contributed by atoms with E-state index in [2.05, 4.69) is 6.92 Å². The Kier molecular flexibility index (Phi) is 5.33. The maximum absolute atomic E-state index is 12.9. The molecule has 0 aliphatic rings. The normalized spacial score (nSPS) is 11.3. The monoisotopic (exact) mass is 362 g/mol. The lowest BCUT2D eigenvalue weighted by atomic mass is 10.1. The van der Waals surface area contributed by atoms with E-state index in [9.17, 15) is 4.79 Å². The average molecular weight is 363 g/mol. The number of aromatic nitrogens is 2. The van der Waals surface area contributed by atoms with Gasteiger partial charge in [0, 0.05) is 23.4 Å². The van der Waals surface area contributed by atoms with Gasteiger partial charge < -0.3 is 4.74 Å². The summed E-state index contributed by atoms with van der Waals surface area (Å²) in [5, 5.41) is 1.38. The van der Waals surface area contributed by atoms with Gasteiger partial charge in [-0.3, -0.25) is 9.36 Å². The van der Waals surface area contributed by atoms with E-state index in [0.29, 0.717) is 30.0 Å². The molecule has 3 aromatic rings. The predicted octanol–water partition coefficient (Wildman–Crippen LogP) is 3.91. The number of hydrogen-bond acceptors (Lipinski definition) is 4. The van der Waals surface area contributed by atoms with Crippen LogP contribution in [-0.2, 0) is 24.1 Å². The van der Waals surface area contributed by atoms with E-state index in [1.165, 1.54) is 4.88 Å². The number of thiophene rings is 1. The van der Waals surface area contributed by atoms with E-state index < -0.39 is 0 Å². The SMILES string of the molecule is CCc1cc2c(=O)n(CCOC)c(Cc3cccc(Cl)c3)nc2s1. The molecule has 3 rings (SSSR count). The van der Waals surface area contributed by atoms with Crippen molar-refractivity contribution < 1.29 is 4.74 Å². The van der Waals surface area contributed by atoms with Crippen LogP contribution in [0.2, 0.25) is 5.02 Å². The molecule has 0 saturated carbocycles. The van der Waals surface area contributed by atoms with Gasteiger partial charge >= 0.3 is 0 Å². The Bertz CT molecular complexity index is 917. The number of rotatable bonds is 6. The summed E-state index contributed by atoms with van der Waals surface area (Å²) in [7, 11) is 1.63. The Labute approximate surface area is 149 Å². The van der Waals surface area contributed by atoms with Gasteiger partial charge in [0.2, 0.25) is 0 Å². The van der Waals surface area contributed by atoms with Gasteiger partial charge in [-0.1, -0.05) is 30.7 Å². The number of ether oxygens (including phenoxy) is 1. The van der Waals surface area contributed by atoms with E-state index in [-0.39, 0.29) is 5.56 Å². The van der Waals surface area contributed by atoms with Gasteiger partial charge in [0.05, 0.1) is 18.5 Å². The minimum Gasteiger partial charge on any atom is -0.383 e. The Balaban J connectivity index is 2.10. The number of halogens is 1. The largest absolute Gasteiger partial charge is 0.383 e. The van der Waals surface area contributed by atoms with Crippen LogP contribution in [0.3, 0.4) is 0 Å². The molecule has 0 spiro atoms. The fraction of sp³-hybridized carbons (Fsp3) is 0.333. The molecule has 126 valence electrons. The lowest BCUT2D eigenvalue weighted by Gasteiger charge is -2.12. The van der Waals surface area contributed by atoms with E-state index >= 15 is 0 Å². The summed E-state index contributed by atoms with van der Waals surface area (Å²) in [4.78, 5) is 19.6. The molecule has 24 heavy (non-hydrogen) atoms. The smallest absolute Gasteiger partial charge is 0.262 e. The zero-order valence-electron chi connectivity index (χ0n) is 13.7. The lowest BCUT2D eigenvalue weighted by molar-refractivity contribution is 0.185. The Hall–Kier alpha value is -1.69. The Morgan fingerprint density at radius 3 is 2.88 bits per heavy atom. The standard InChI is InChI=1S/C18H19ClN2O2S/c1-3-14-11-15-17(24-14)20-16(21(18(15)22)7-8-23-2)10-12-5-4-6-13(19)9-12/h4-6,9,11H,3,7-8,10H2,1-2H3. The van der Waals surface area contributed by atoms with Crippen molar-refractivity contribution in [1.82, 2.24) is 9.55 Å². The molecular weight excluding hydrogens is 344 g/mol. The molecule has 0 saturated heterocycles. The summed E-state index contributed by atoms with van der Waals surface area (Å²) in [5.41, 5.74) is 1.04. The molecule has 0 atom stereocenters. The molecule has 6 heteroatoms. The van der Waals surface area contributed by atoms with Crippen LogP contribution in [0.1, 0.15) is 23.2 Å². The minimum absolute atomic E-state index is 0.00466. The fourth-order valence-electron chi connectivity index (χ4n) is 2.66. The molecular formula is C18H19ClN2O2S. The average Bonchev–Trinajstić information content (AvgIpc) is 2.98. The maximum atomic E-state index is 12.9. The first-order chi connectivity index (χ1) is 11.6. The van der Waals surface area contributed by atoms with Crippen molar-refractivity contribution in [3.63, 3.8) is 0 Å². The van der Waals surface area contributed by atoms with Crippen LogP contribution in [0.15, 0.2) is 35.1 Å². The molecule has 0 aliphatic carbocycles. The van der Waals surface area contributed by atoms with Crippen LogP contribution in [-0.4, -0.2) is 23.3 Å². The molecule has 2 heterocycles. The fourth-order valence-corrected chi connectivity index (χ4v) is 3.85. The summed E-state index contributed by atoms with van der Waals surface area (Å²) >= 11 is 7.67. The quantitative estimate of drug-likeness (QED) is 0.667. The van der Waals surface area contributed by atoms with Crippen LogP contribution in [0.4, 0.5) is 0 Å². The van der Waals surface area contributed by atoms with Crippen molar-refractivity contribution in [2.75, 3.05) is 13.7 Å². The third kappa shape index (κ3) is 3.53. The highest BCUT2D eigenvalue weighted by molar-refractivity contribution is 7.18. The van der Waals surface area contributed by atoms with Gasteiger partial charge in [-0.15, -0.1) is 11.3 Å². The van der Waals surface area contributed by atoms with Gasteiger partial charge in [-0.25, -0.2) is 4.98 Å². The number of nitrogens with zero attached hydrogens (tertiary/aromatic N) is 2. The van der Waals surface area contributed by atoms with Gasteiger partial charge in [0.15, 0.2) is 0 Å². The summed E-state index contributed by atoms with van der Waals surface area (Å²) in [5.74, 6) is 0.747. The molecule has 4 nitrogen and oxygen atoms in total. The van der Waals surface area contributed by atoms with Gasteiger partial charge in [-0.2, -0.15) is 0 Å². The number of hydrogen-bond donors (Lipinski definition) is 0. The van der Waals surface area contributed by atoms with Crippen molar-refractivity contribution in [1.29, 1.82) is 0 Å². The lowest BCUT2D eigenvalue weighted by Crippen LogP contribution is -2.26. The molecule has 0 aliphatic heterocycles. The molecule has 0 fully saturated rings. The number of fused-ring (bicyclic) bond motifs is 1. The first kappa shape index (κ1) is 17.1. The summed E-state index contributed by atoms with van der Waals surface area (Å²) in [6.45, 7) is 3.05. The van der Waals surface area contributed by atoms with E-state index in [4.69, 9.17) is 21.3 Å². The zero-order chi connectivity index (χ0) is 17.1. The number of aryl methyl sites for hydroxylation is 1. The third-order valence-corrected chi connectivity index (χ3v) is 5.31. The van der Waals surface area contributed by atoms with Gasteiger partial charge in [-0.05, 0) is 30.2 Å². The molecule has 1 aromatic carbocycles. The molecule has 0 bridgehead atoms. The summed E-state index contributed by atoms with van der Waals surface area (Å²) in [6, 6.07) is 9.61. The van der Waals surface area contributed by atoms with Crippen molar-refractivity contribution in [2.45, 2.75) is 26.3 Å².